The first-order valence-electron chi connectivity index (χ1n) is 38.8. The van der Waals surface area contributed by atoms with Gasteiger partial charge < -0.3 is 33.8 Å². The molecular weight excluding hydrogens is 1230 g/mol. The lowest BCUT2D eigenvalue weighted by Gasteiger charge is -2.21. The van der Waals surface area contributed by atoms with Crippen molar-refractivity contribution in [2.75, 3.05) is 39.6 Å². The summed E-state index contributed by atoms with van der Waals surface area (Å²) in [5, 5.41) is 10.6. The smallest absolute Gasteiger partial charge is 0.462 e. The molecule has 17 nitrogen and oxygen atoms in total. The third-order valence-corrected chi connectivity index (χ3v) is 19.3. The number of rotatable bonds is 73. The fourth-order valence-electron chi connectivity index (χ4n) is 11.4. The lowest BCUT2D eigenvalue weighted by molar-refractivity contribution is -0.161. The molecule has 0 aromatic carbocycles. The quantitative estimate of drug-likeness (QED) is 0.0222. The Labute approximate surface area is 575 Å². The van der Waals surface area contributed by atoms with Gasteiger partial charge in [0.2, 0.25) is 0 Å². The Morgan fingerprint density at radius 2 is 0.489 bits per heavy atom. The zero-order valence-corrected chi connectivity index (χ0v) is 63.2. The molecule has 0 aromatic rings. The van der Waals surface area contributed by atoms with Gasteiger partial charge in [-0.2, -0.15) is 0 Å². The lowest BCUT2D eigenvalue weighted by atomic mass is 10.0. The van der Waals surface area contributed by atoms with Crippen LogP contribution in [0.15, 0.2) is 0 Å². The molecule has 0 aliphatic carbocycles. The number of ether oxygens (including phenoxy) is 4. The second-order valence-electron chi connectivity index (χ2n) is 28.5. The standard InChI is InChI=1S/C75H146O17P2/c1-8-9-10-11-12-13-14-15-16-17-18-19-24-29-36-44-51-58-74(79)91-70(62-85-72(77)56-49-42-35-28-23-21-20-22-26-32-39-46-53-66(2)3)64-89-93(81,82)87-60-69(76)61-88-94(83,84)90-65-71(63-86-73(78)57-50-43-38-31-34-41-48-55-68(6)7)92-75(80)59-52-45-37-30-25-27-33-40-47-54-67(4)5/h66-71,76H,8-65H2,1-7H3,(H,81,82)(H,83,84)/t69-,70-,71-/m1/s1. The summed E-state index contributed by atoms with van der Waals surface area (Å²) in [6.45, 7) is 11.8. The normalized spacial score (nSPS) is 14.1. The summed E-state index contributed by atoms with van der Waals surface area (Å²) in [6, 6.07) is 0. The monoisotopic (exact) mass is 1380 g/mol. The zero-order valence-electron chi connectivity index (χ0n) is 61.4. The van der Waals surface area contributed by atoms with E-state index in [-0.39, 0.29) is 25.7 Å². The number of phosphoric acid groups is 2. The van der Waals surface area contributed by atoms with Gasteiger partial charge in [0.25, 0.3) is 0 Å². The molecule has 5 atom stereocenters. The molecule has 0 heterocycles. The number of aliphatic hydroxyl groups excluding tert-OH is 1. The number of hydrogen-bond donors (Lipinski definition) is 3. The molecule has 0 radical (unpaired) electrons. The average Bonchev–Trinajstić information content (AvgIpc) is 1.83. The van der Waals surface area contributed by atoms with E-state index in [0.717, 1.165) is 108 Å². The van der Waals surface area contributed by atoms with E-state index < -0.39 is 97.5 Å². The van der Waals surface area contributed by atoms with Gasteiger partial charge in [-0.15, -0.1) is 0 Å². The van der Waals surface area contributed by atoms with E-state index in [2.05, 4.69) is 48.5 Å². The number of carbonyl (C=O) groups is 4. The molecule has 0 rings (SSSR count). The van der Waals surface area contributed by atoms with Gasteiger partial charge in [0.15, 0.2) is 12.2 Å². The Bertz CT molecular complexity index is 1840. The van der Waals surface area contributed by atoms with Gasteiger partial charge in [-0.1, -0.05) is 331 Å². The minimum Gasteiger partial charge on any atom is -0.462 e. The van der Waals surface area contributed by atoms with Gasteiger partial charge in [-0.05, 0) is 43.4 Å². The molecule has 558 valence electrons. The molecule has 0 saturated carbocycles. The first-order valence-corrected chi connectivity index (χ1v) is 41.8. The second kappa shape index (κ2) is 65.7. The summed E-state index contributed by atoms with van der Waals surface area (Å²) in [7, 11) is -9.91. The average molecular weight is 1380 g/mol. The van der Waals surface area contributed by atoms with Crippen LogP contribution in [0.25, 0.3) is 0 Å². The van der Waals surface area contributed by atoms with Crippen LogP contribution in [0.5, 0.6) is 0 Å². The van der Waals surface area contributed by atoms with E-state index in [1.54, 1.807) is 0 Å². The maximum absolute atomic E-state index is 13.1. The van der Waals surface area contributed by atoms with Crippen LogP contribution in [-0.2, 0) is 65.4 Å². The number of esters is 4. The molecule has 3 N–H and O–H groups in total. The molecule has 0 bridgehead atoms. The van der Waals surface area contributed by atoms with Crippen LogP contribution < -0.4 is 0 Å². The fourth-order valence-corrected chi connectivity index (χ4v) is 13.0. The van der Waals surface area contributed by atoms with Gasteiger partial charge >= 0.3 is 39.5 Å². The van der Waals surface area contributed by atoms with Crippen molar-refractivity contribution in [2.24, 2.45) is 17.8 Å². The van der Waals surface area contributed by atoms with E-state index in [1.165, 1.54) is 186 Å². The summed E-state index contributed by atoms with van der Waals surface area (Å²) in [5.41, 5.74) is 0. The first-order chi connectivity index (χ1) is 45.2. The van der Waals surface area contributed by atoms with Gasteiger partial charge in [0.05, 0.1) is 26.4 Å². The Balaban J connectivity index is 5.25. The van der Waals surface area contributed by atoms with Crippen LogP contribution in [0.3, 0.4) is 0 Å². The maximum atomic E-state index is 13.1. The second-order valence-corrected chi connectivity index (χ2v) is 31.4. The highest BCUT2D eigenvalue weighted by Crippen LogP contribution is 2.45. The molecule has 0 saturated heterocycles. The minimum atomic E-state index is -4.96. The van der Waals surface area contributed by atoms with Crippen LogP contribution in [0.4, 0.5) is 0 Å². The largest absolute Gasteiger partial charge is 0.472 e. The molecular formula is C75H146O17P2. The highest BCUT2D eigenvalue weighted by molar-refractivity contribution is 7.47. The van der Waals surface area contributed by atoms with E-state index >= 15 is 0 Å². The van der Waals surface area contributed by atoms with Crippen LogP contribution in [0.1, 0.15) is 382 Å². The number of unbranched alkanes of at least 4 members (excludes halogenated alkanes) is 41. The van der Waals surface area contributed by atoms with Crippen molar-refractivity contribution in [2.45, 2.75) is 401 Å². The molecule has 0 aliphatic heterocycles. The molecule has 0 aliphatic rings. The molecule has 2 unspecified atom stereocenters. The van der Waals surface area contributed by atoms with Crippen LogP contribution in [-0.4, -0.2) is 96.7 Å². The molecule has 19 heteroatoms. The number of phosphoric ester groups is 2. The summed E-state index contributed by atoms with van der Waals surface area (Å²) in [4.78, 5) is 72.8. The molecule has 0 fully saturated rings. The summed E-state index contributed by atoms with van der Waals surface area (Å²) in [5.74, 6) is 0.103. The summed E-state index contributed by atoms with van der Waals surface area (Å²) < 4.78 is 68.5. The van der Waals surface area contributed by atoms with Crippen molar-refractivity contribution in [1.29, 1.82) is 0 Å². The topological polar surface area (TPSA) is 237 Å². The third-order valence-electron chi connectivity index (χ3n) is 17.4. The number of carbonyl (C=O) groups excluding carboxylic acids is 4. The highest BCUT2D eigenvalue weighted by atomic mass is 31.2. The van der Waals surface area contributed by atoms with E-state index in [1.807, 2.05) is 0 Å². The van der Waals surface area contributed by atoms with Crippen LogP contribution in [0, 0.1) is 17.8 Å². The van der Waals surface area contributed by atoms with Gasteiger partial charge in [0.1, 0.15) is 19.3 Å². The SMILES string of the molecule is CCCCCCCCCCCCCCCCCCCC(=O)O[C@H](COC(=O)CCCCCCCCCCCCCCC(C)C)COP(=O)(O)OC[C@@H](O)COP(=O)(O)OC[C@@H](COC(=O)CCCCCCCCCC(C)C)OC(=O)CCCCCCCCCCCC(C)C. The van der Waals surface area contributed by atoms with Crippen molar-refractivity contribution in [3.8, 4) is 0 Å². The van der Waals surface area contributed by atoms with Crippen molar-refractivity contribution < 1.29 is 80.2 Å². The minimum absolute atomic E-state index is 0.104. The first kappa shape index (κ1) is 92.1. The Kier molecular flexibility index (Phi) is 64.3. The van der Waals surface area contributed by atoms with Crippen molar-refractivity contribution in [1.82, 2.24) is 0 Å². The zero-order chi connectivity index (χ0) is 69.4. The highest BCUT2D eigenvalue weighted by Gasteiger charge is 2.30. The van der Waals surface area contributed by atoms with Crippen LogP contribution in [0.2, 0.25) is 0 Å². The molecule has 0 amide bonds. The van der Waals surface area contributed by atoms with E-state index in [9.17, 15) is 43.2 Å². The van der Waals surface area contributed by atoms with Crippen LogP contribution >= 0.6 is 15.6 Å². The van der Waals surface area contributed by atoms with Gasteiger partial charge in [-0.3, -0.25) is 37.3 Å². The number of aliphatic hydroxyl groups is 1. The molecule has 0 spiro atoms. The number of hydrogen-bond acceptors (Lipinski definition) is 15. The Morgan fingerprint density at radius 1 is 0.287 bits per heavy atom. The van der Waals surface area contributed by atoms with E-state index in [4.69, 9.17) is 37.0 Å². The maximum Gasteiger partial charge on any atom is 0.472 e. The predicted octanol–water partition coefficient (Wildman–Crippen LogP) is 21.8. The predicted molar refractivity (Wildman–Crippen MR) is 381 cm³/mol. The Morgan fingerprint density at radius 3 is 0.723 bits per heavy atom. The van der Waals surface area contributed by atoms with Crippen molar-refractivity contribution >= 4 is 39.5 Å². The molecule has 0 aromatic heterocycles. The lowest BCUT2D eigenvalue weighted by Crippen LogP contribution is -2.30. The van der Waals surface area contributed by atoms with Crippen molar-refractivity contribution in [3.05, 3.63) is 0 Å². The van der Waals surface area contributed by atoms with Gasteiger partial charge in [-0.25, -0.2) is 9.13 Å². The molecule has 94 heavy (non-hydrogen) atoms. The third kappa shape index (κ3) is 68.6. The summed E-state index contributed by atoms with van der Waals surface area (Å²) >= 11 is 0. The van der Waals surface area contributed by atoms with Crippen molar-refractivity contribution in [3.63, 3.8) is 0 Å². The Hall–Kier alpha value is -1.94. The fraction of sp³-hybridized carbons (Fsp3) is 0.947. The van der Waals surface area contributed by atoms with E-state index in [0.29, 0.717) is 31.6 Å². The van der Waals surface area contributed by atoms with Gasteiger partial charge in [0, 0.05) is 25.7 Å². The summed E-state index contributed by atoms with van der Waals surface area (Å²) in [6.07, 6.45) is 51.4.